The van der Waals surface area contributed by atoms with E-state index >= 15 is 0 Å². The van der Waals surface area contributed by atoms with Crippen molar-refractivity contribution in [2.75, 3.05) is 11.5 Å². The van der Waals surface area contributed by atoms with Gasteiger partial charge in [0.05, 0.1) is 16.5 Å². The van der Waals surface area contributed by atoms with Gasteiger partial charge >= 0.3 is 51.4 Å². The molecular weight excluding hydrogens is 540 g/mol. The fourth-order valence-corrected chi connectivity index (χ4v) is 7.57. The van der Waals surface area contributed by atoms with Gasteiger partial charge in [0.2, 0.25) is 0 Å². The largest absolute Gasteiger partial charge is 1.00 e. The van der Waals surface area contributed by atoms with Crippen molar-refractivity contribution in [2.24, 2.45) is 0 Å². The first kappa shape index (κ1) is 26.2. The van der Waals surface area contributed by atoms with Crippen molar-refractivity contribution in [2.45, 2.75) is 22.7 Å². The molecule has 0 radical (unpaired) electrons. The van der Waals surface area contributed by atoms with Gasteiger partial charge in [0.1, 0.15) is 32.5 Å². The number of nitrogens with zero attached hydrogens (tertiary/aromatic N) is 3. The Morgan fingerprint density at radius 3 is 2.75 bits per heavy atom. The zero-order valence-corrected chi connectivity index (χ0v) is 23.9. The fraction of sp³-hybridized carbons (Fsp3) is 0.294. The van der Waals surface area contributed by atoms with E-state index in [0.29, 0.717) is 26.3 Å². The molecule has 1 saturated heterocycles. The summed E-state index contributed by atoms with van der Waals surface area (Å²) in [5.74, 6) is -1.92. The summed E-state index contributed by atoms with van der Waals surface area (Å²) in [4.78, 5) is 38.7. The molecule has 2 atom stereocenters. The molecule has 0 spiro atoms. The molecule has 0 aromatic carbocycles. The number of aryl methyl sites for hydroxylation is 1. The van der Waals surface area contributed by atoms with Gasteiger partial charge in [0.25, 0.3) is 11.8 Å². The number of nitrogens with one attached hydrogen (secondary N) is 1. The van der Waals surface area contributed by atoms with Crippen LogP contribution in [0.1, 0.15) is 9.88 Å². The molecule has 32 heavy (non-hydrogen) atoms. The van der Waals surface area contributed by atoms with Crippen LogP contribution in [0.3, 0.4) is 0 Å². The Kier molecular flexibility index (Phi) is 9.33. The second-order valence-corrected chi connectivity index (χ2v) is 11.4. The van der Waals surface area contributed by atoms with Crippen molar-refractivity contribution in [1.82, 2.24) is 20.4 Å². The second-order valence-electron chi connectivity index (χ2n) is 6.37. The van der Waals surface area contributed by atoms with Crippen LogP contribution in [0.5, 0.6) is 0 Å². The summed E-state index contributed by atoms with van der Waals surface area (Å²) in [6.07, 6.45) is 0. The standard InChI is InChI=1S/C17H14N4O5S5.K/c1-7-19-20-17(30-7)29-6-8-5-28-15-10(14(23)21(15)11(8)16(24)25)18-13(22)12(31-26)9-3-2-4-27-9;/h2-4,10,15H,5-6H2,1H3,(H,18,22)(H,24,25);/q;+1/p-1/t10?,15-;/m1./s1. The first-order valence-corrected chi connectivity index (χ1v) is 13.2. The molecule has 1 unspecified atom stereocenters. The number of hydrogen-bond acceptors (Lipinski definition) is 11. The van der Waals surface area contributed by atoms with E-state index < -0.39 is 29.2 Å². The first-order valence-electron chi connectivity index (χ1n) is 8.73. The van der Waals surface area contributed by atoms with E-state index in [1.807, 2.05) is 6.92 Å². The molecule has 4 heterocycles. The van der Waals surface area contributed by atoms with Crippen LogP contribution in [-0.4, -0.2) is 64.9 Å². The molecule has 2 aliphatic heterocycles. The normalized spacial score (nSPS) is 19.5. The van der Waals surface area contributed by atoms with Gasteiger partial charge in [-0.2, -0.15) is 0 Å². The Hall–Kier alpha value is -0.364. The average Bonchev–Trinajstić information content (AvgIpc) is 3.42. The number of rotatable bonds is 7. The van der Waals surface area contributed by atoms with Crippen LogP contribution in [0.25, 0.3) is 0 Å². The molecule has 2 amide bonds. The number of β-lactam (4-membered cyclic amide) rings is 1. The number of carbonyl (C=O) groups is 3. The van der Waals surface area contributed by atoms with Gasteiger partial charge in [-0.1, -0.05) is 29.2 Å². The summed E-state index contributed by atoms with van der Waals surface area (Å²) in [7, 11) is 0. The molecular formula is C17H13KN4O5S5. The monoisotopic (exact) mass is 552 g/mol. The van der Waals surface area contributed by atoms with E-state index in [9.17, 15) is 23.7 Å². The van der Waals surface area contributed by atoms with Gasteiger partial charge in [0, 0.05) is 11.5 Å². The van der Waals surface area contributed by atoms with Crippen LogP contribution in [-0.2, 0) is 25.6 Å². The molecule has 2 aromatic heterocycles. The summed E-state index contributed by atoms with van der Waals surface area (Å²) in [5.41, 5.74) is 0.395. The smallest absolute Gasteiger partial charge is 0.543 e. The SMILES string of the molecule is Cc1nnc(SCC2=C(C(=O)[O-])N3C(=O)C(NC(=O)C(=S=O)c4cccs4)[C@H]3SC2)s1.[K+]. The maximum atomic E-state index is 12.7. The molecule has 0 saturated carbocycles. The van der Waals surface area contributed by atoms with E-state index in [-0.39, 0.29) is 73.2 Å². The Morgan fingerprint density at radius 1 is 1.38 bits per heavy atom. The Bertz CT molecular complexity index is 1140. The number of carboxylic acids is 1. The minimum atomic E-state index is -1.44. The second kappa shape index (κ2) is 11.4. The number of amides is 2. The number of carbonyl (C=O) groups excluding carboxylic acids is 3. The van der Waals surface area contributed by atoms with Gasteiger partial charge in [-0.05, 0) is 23.9 Å². The predicted molar refractivity (Wildman–Crippen MR) is 119 cm³/mol. The average molecular weight is 553 g/mol. The van der Waals surface area contributed by atoms with Crippen molar-refractivity contribution in [3.63, 3.8) is 0 Å². The summed E-state index contributed by atoms with van der Waals surface area (Å²) in [5, 5.41) is 24.3. The molecule has 9 nitrogen and oxygen atoms in total. The van der Waals surface area contributed by atoms with E-state index in [1.54, 1.807) is 17.5 Å². The van der Waals surface area contributed by atoms with E-state index in [1.165, 1.54) is 46.2 Å². The van der Waals surface area contributed by atoms with Crippen LogP contribution in [0.15, 0.2) is 33.1 Å². The topological polar surface area (TPSA) is 132 Å². The van der Waals surface area contributed by atoms with Crippen molar-refractivity contribution < 1.29 is 75.1 Å². The number of fused-ring (bicyclic) bond motifs is 1. The van der Waals surface area contributed by atoms with Crippen molar-refractivity contribution in [3.05, 3.63) is 38.7 Å². The number of thiophene rings is 1. The molecule has 1 fully saturated rings. The molecule has 1 N–H and O–H groups in total. The maximum Gasteiger partial charge on any atom is 1.00 e. The first-order chi connectivity index (χ1) is 14.9. The third-order valence-electron chi connectivity index (χ3n) is 4.44. The zero-order chi connectivity index (χ0) is 22.1. The molecule has 162 valence electrons. The maximum absolute atomic E-state index is 12.7. The molecule has 0 bridgehead atoms. The Morgan fingerprint density at radius 2 is 2.16 bits per heavy atom. The molecule has 0 aliphatic carbocycles. The number of carboxylic acid groups (broad SMARTS) is 1. The van der Waals surface area contributed by atoms with Crippen LogP contribution < -0.4 is 61.8 Å². The Balaban J connectivity index is 0.00000289. The minimum absolute atomic E-state index is 0. The molecule has 2 aliphatic rings. The quantitative estimate of drug-likeness (QED) is 0.124. The van der Waals surface area contributed by atoms with Crippen LogP contribution in [0.2, 0.25) is 0 Å². The number of thioether (sulfide) groups is 2. The predicted octanol–water partition coefficient (Wildman–Crippen LogP) is -3.16. The van der Waals surface area contributed by atoms with Crippen LogP contribution in [0.4, 0.5) is 0 Å². The van der Waals surface area contributed by atoms with Crippen LogP contribution >= 0.6 is 46.2 Å². The van der Waals surface area contributed by atoms with E-state index in [4.69, 9.17) is 0 Å². The third-order valence-corrected chi connectivity index (χ3v) is 9.43. The van der Waals surface area contributed by atoms with E-state index in [0.717, 1.165) is 9.91 Å². The minimum Gasteiger partial charge on any atom is -0.543 e. The fourth-order valence-electron chi connectivity index (χ4n) is 3.07. The van der Waals surface area contributed by atoms with Crippen LogP contribution in [0, 0.1) is 6.92 Å². The number of aromatic nitrogens is 2. The van der Waals surface area contributed by atoms with E-state index in [2.05, 4.69) is 15.5 Å². The summed E-state index contributed by atoms with van der Waals surface area (Å²) >= 11 is 5.42. The molecule has 2 aromatic rings. The van der Waals surface area contributed by atoms with Crippen molar-refractivity contribution >= 4 is 80.1 Å². The van der Waals surface area contributed by atoms with Crippen molar-refractivity contribution in [3.8, 4) is 0 Å². The van der Waals surface area contributed by atoms with Gasteiger partial charge in [-0.3, -0.25) is 14.5 Å². The van der Waals surface area contributed by atoms with Gasteiger partial charge in [-0.15, -0.1) is 33.3 Å². The Labute approximate surface area is 245 Å². The summed E-state index contributed by atoms with van der Waals surface area (Å²) in [6, 6.07) is 2.46. The summed E-state index contributed by atoms with van der Waals surface area (Å²) < 4.78 is 12.1. The summed E-state index contributed by atoms with van der Waals surface area (Å²) in [6.45, 7) is 1.83. The molecule has 15 heteroatoms. The molecule has 4 rings (SSSR count). The van der Waals surface area contributed by atoms with Gasteiger partial charge in [-0.25, -0.2) is 4.21 Å². The number of hydrogen-bond donors (Lipinski definition) is 1. The number of aliphatic carboxylic acids is 1. The zero-order valence-electron chi connectivity index (χ0n) is 16.7. The third kappa shape index (κ3) is 5.31. The van der Waals surface area contributed by atoms with Gasteiger partial charge in [0.15, 0.2) is 4.34 Å². The van der Waals surface area contributed by atoms with Crippen molar-refractivity contribution in [1.29, 1.82) is 0 Å². The van der Waals surface area contributed by atoms with Gasteiger partial charge < -0.3 is 15.2 Å².